The predicted molar refractivity (Wildman–Crippen MR) is 133 cm³/mol. The first-order valence-corrected chi connectivity index (χ1v) is 11.7. The SMILES string of the molecule is CC(CNC(=O)COC(c1ccccc1)c1ccccc1)N1CCN(c2ccccc2)CC1. The minimum absolute atomic E-state index is 0.0307. The van der Waals surface area contributed by atoms with Crippen molar-refractivity contribution in [2.24, 2.45) is 0 Å². The van der Waals surface area contributed by atoms with E-state index in [1.807, 2.05) is 60.7 Å². The second kappa shape index (κ2) is 11.6. The number of nitrogens with zero attached hydrogens (tertiary/aromatic N) is 2. The summed E-state index contributed by atoms with van der Waals surface area (Å²) < 4.78 is 6.08. The van der Waals surface area contributed by atoms with Gasteiger partial charge in [0.25, 0.3) is 0 Å². The fraction of sp³-hybridized carbons (Fsp3) is 0.321. The lowest BCUT2D eigenvalue weighted by Crippen LogP contribution is -2.52. The summed E-state index contributed by atoms with van der Waals surface area (Å²) in [5, 5.41) is 3.06. The average Bonchev–Trinajstić information content (AvgIpc) is 2.89. The number of rotatable bonds is 9. The van der Waals surface area contributed by atoms with Crippen molar-refractivity contribution in [3.8, 4) is 0 Å². The molecule has 4 rings (SSSR count). The van der Waals surface area contributed by atoms with Gasteiger partial charge in [-0.05, 0) is 30.2 Å². The number of hydrogen-bond acceptors (Lipinski definition) is 4. The molecule has 0 aliphatic carbocycles. The van der Waals surface area contributed by atoms with Crippen LogP contribution in [0.4, 0.5) is 5.69 Å². The minimum Gasteiger partial charge on any atom is -0.369 e. The van der Waals surface area contributed by atoms with Crippen LogP contribution in [0, 0.1) is 0 Å². The van der Waals surface area contributed by atoms with E-state index in [4.69, 9.17) is 4.74 Å². The quantitative estimate of drug-likeness (QED) is 0.540. The van der Waals surface area contributed by atoms with E-state index in [9.17, 15) is 4.79 Å². The van der Waals surface area contributed by atoms with Crippen LogP contribution in [0.2, 0.25) is 0 Å². The predicted octanol–water partition coefficient (Wildman–Crippen LogP) is 4.12. The van der Waals surface area contributed by atoms with Crippen LogP contribution in [0.5, 0.6) is 0 Å². The van der Waals surface area contributed by atoms with Gasteiger partial charge in [-0.2, -0.15) is 0 Å². The Morgan fingerprint density at radius 1 is 0.818 bits per heavy atom. The lowest BCUT2D eigenvalue weighted by molar-refractivity contribution is -0.127. The Labute approximate surface area is 197 Å². The Morgan fingerprint density at radius 2 is 1.33 bits per heavy atom. The fourth-order valence-electron chi connectivity index (χ4n) is 4.30. The number of piperazine rings is 1. The zero-order valence-corrected chi connectivity index (χ0v) is 19.3. The fourth-order valence-corrected chi connectivity index (χ4v) is 4.30. The number of para-hydroxylation sites is 1. The van der Waals surface area contributed by atoms with Crippen molar-refractivity contribution in [3.63, 3.8) is 0 Å². The van der Waals surface area contributed by atoms with Gasteiger partial charge in [-0.3, -0.25) is 9.69 Å². The van der Waals surface area contributed by atoms with Crippen molar-refractivity contribution in [2.45, 2.75) is 19.1 Å². The summed E-state index contributed by atoms with van der Waals surface area (Å²) in [6.07, 6.45) is -0.262. The zero-order chi connectivity index (χ0) is 22.9. The van der Waals surface area contributed by atoms with E-state index in [0.29, 0.717) is 6.54 Å². The number of ether oxygens (including phenoxy) is 1. The topological polar surface area (TPSA) is 44.8 Å². The summed E-state index contributed by atoms with van der Waals surface area (Å²) in [6, 6.07) is 30.9. The highest BCUT2D eigenvalue weighted by Crippen LogP contribution is 2.25. The molecule has 3 aromatic carbocycles. The van der Waals surface area contributed by atoms with Crippen LogP contribution in [0.3, 0.4) is 0 Å². The van der Waals surface area contributed by atoms with Gasteiger partial charge in [-0.15, -0.1) is 0 Å². The molecule has 1 fully saturated rings. The van der Waals surface area contributed by atoms with E-state index >= 15 is 0 Å². The molecule has 0 spiro atoms. The van der Waals surface area contributed by atoms with Crippen LogP contribution in [-0.4, -0.2) is 56.2 Å². The van der Waals surface area contributed by atoms with Crippen LogP contribution in [0.15, 0.2) is 91.0 Å². The Kier molecular flexibility index (Phi) is 8.12. The highest BCUT2D eigenvalue weighted by Gasteiger charge is 2.22. The summed E-state index contributed by atoms with van der Waals surface area (Å²) in [4.78, 5) is 17.4. The zero-order valence-electron chi connectivity index (χ0n) is 19.3. The Morgan fingerprint density at radius 3 is 1.88 bits per heavy atom. The van der Waals surface area contributed by atoms with Crippen LogP contribution in [0.1, 0.15) is 24.2 Å². The van der Waals surface area contributed by atoms with Gasteiger partial charge in [0.1, 0.15) is 12.7 Å². The van der Waals surface area contributed by atoms with Crippen LogP contribution < -0.4 is 10.2 Å². The molecule has 0 radical (unpaired) electrons. The molecule has 33 heavy (non-hydrogen) atoms. The lowest BCUT2D eigenvalue weighted by atomic mass is 10.0. The highest BCUT2D eigenvalue weighted by molar-refractivity contribution is 5.77. The molecule has 1 atom stereocenters. The number of amides is 1. The van der Waals surface area contributed by atoms with Crippen molar-refractivity contribution < 1.29 is 9.53 Å². The van der Waals surface area contributed by atoms with Crippen LogP contribution in [0.25, 0.3) is 0 Å². The van der Waals surface area contributed by atoms with Gasteiger partial charge in [-0.25, -0.2) is 0 Å². The molecule has 1 N–H and O–H groups in total. The molecule has 1 unspecified atom stereocenters. The van der Waals surface area contributed by atoms with Crippen LogP contribution >= 0.6 is 0 Å². The first-order valence-electron chi connectivity index (χ1n) is 11.7. The molecule has 5 heteroatoms. The summed E-state index contributed by atoms with van der Waals surface area (Å²) >= 11 is 0. The Balaban J connectivity index is 1.24. The first-order chi connectivity index (χ1) is 16.2. The minimum atomic E-state index is -0.262. The summed E-state index contributed by atoms with van der Waals surface area (Å²) in [7, 11) is 0. The summed E-state index contributed by atoms with van der Waals surface area (Å²) in [5.74, 6) is -0.0818. The van der Waals surface area contributed by atoms with Crippen LogP contribution in [-0.2, 0) is 9.53 Å². The first kappa shape index (κ1) is 23.0. The van der Waals surface area contributed by atoms with Gasteiger partial charge in [0.05, 0.1) is 0 Å². The third-order valence-corrected chi connectivity index (χ3v) is 6.24. The summed E-state index contributed by atoms with van der Waals surface area (Å²) in [5.41, 5.74) is 3.36. The average molecular weight is 444 g/mol. The molecule has 0 saturated carbocycles. The molecule has 3 aromatic rings. The number of carbonyl (C=O) groups is 1. The van der Waals surface area contributed by atoms with Crippen molar-refractivity contribution in [1.29, 1.82) is 0 Å². The number of carbonyl (C=O) groups excluding carboxylic acids is 1. The Bertz CT molecular complexity index is 934. The van der Waals surface area contributed by atoms with E-state index < -0.39 is 0 Å². The molecule has 5 nitrogen and oxygen atoms in total. The van der Waals surface area contributed by atoms with Gasteiger partial charge < -0.3 is 15.0 Å². The molecule has 1 heterocycles. The monoisotopic (exact) mass is 443 g/mol. The lowest BCUT2D eigenvalue weighted by Gasteiger charge is -2.39. The van der Waals surface area contributed by atoms with Crippen molar-refractivity contribution >= 4 is 11.6 Å². The van der Waals surface area contributed by atoms with E-state index in [-0.39, 0.29) is 24.7 Å². The van der Waals surface area contributed by atoms with Crippen molar-refractivity contribution in [2.75, 3.05) is 44.2 Å². The number of nitrogens with one attached hydrogen (secondary N) is 1. The second-order valence-corrected chi connectivity index (χ2v) is 8.52. The van der Waals surface area contributed by atoms with E-state index in [0.717, 1.165) is 37.3 Å². The standard InChI is InChI=1S/C28H33N3O2/c1-23(30-17-19-31(20-18-30)26-15-9-4-10-16-26)21-29-27(32)22-33-28(24-11-5-2-6-12-24)25-13-7-3-8-14-25/h2-16,23,28H,17-22H2,1H3,(H,29,32). The molecular weight excluding hydrogens is 410 g/mol. The number of anilines is 1. The third kappa shape index (κ3) is 6.44. The van der Waals surface area contributed by atoms with E-state index in [2.05, 4.69) is 52.4 Å². The molecule has 0 bridgehead atoms. The Hall–Kier alpha value is -3.15. The summed E-state index contributed by atoms with van der Waals surface area (Å²) in [6.45, 7) is 6.81. The third-order valence-electron chi connectivity index (χ3n) is 6.24. The van der Waals surface area contributed by atoms with Crippen molar-refractivity contribution in [3.05, 3.63) is 102 Å². The number of hydrogen-bond donors (Lipinski definition) is 1. The van der Waals surface area contributed by atoms with Gasteiger partial charge in [0, 0.05) is 44.5 Å². The molecule has 1 aliphatic heterocycles. The largest absolute Gasteiger partial charge is 0.369 e. The second-order valence-electron chi connectivity index (χ2n) is 8.52. The van der Waals surface area contributed by atoms with Gasteiger partial charge >= 0.3 is 0 Å². The van der Waals surface area contributed by atoms with E-state index in [1.54, 1.807) is 0 Å². The molecule has 172 valence electrons. The van der Waals surface area contributed by atoms with Crippen molar-refractivity contribution in [1.82, 2.24) is 10.2 Å². The molecule has 1 saturated heterocycles. The molecular formula is C28H33N3O2. The van der Waals surface area contributed by atoms with Gasteiger partial charge in [0.15, 0.2) is 0 Å². The van der Waals surface area contributed by atoms with Gasteiger partial charge in [-0.1, -0.05) is 78.9 Å². The molecule has 1 amide bonds. The highest BCUT2D eigenvalue weighted by atomic mass is 16.5. The maximum absolute atomic E-state index is 12.6. The smallest absolute Gasteiger partial charge is 0.246 e. The maximum Gasteiger partial charge on any atom is 0.246 e. The normalized spacial score (nSPS) is 15.4. The molecule has 0 aromatic heterocycles. The molecule has 1 aliphatic rings. The number of benzene rings is 3. The van der Waals surface area contributed by atoms with Gasteiger partial charge in [0.2, 0.25) is 5.91 Å². The van der Waals surface area contributed by atoms with E-state index in [1.165, 1.54) is 5.69 Å². The maximum atomic E-state index is 12.6.